The molecule has 0 fully saturated rings. The van der Waals surface area contributed by atoms with E-state index in [0.29, 0.717) is 11.2 Å². The largest absolute Gasteiger partial charge is 0.360 e. The smallest absolute Gasteiger partial charge is 0.261 e. The van der Waals surface area contributed by atoms with Gasteiger partial charge in [-0.2, -0.15) is 0 Å². The predicted octanol–water partition coefficient (Wildman–Crippen LogP) is 3.82. The van der Waals surface area contributed by atoms with Crippen LogP contribution in [0.5, 0.6) is 0 Å². The highest BCUT2D eigenvalue weighted by molar-refractivity contribution is 7.92. The molecular formula is C25H23N3O4S. The third-order valence-electron chi connectivity index (χ3n) is 5.32. The third-order valence-corrected chi connectivity index (χ3v) is 6.70. The molecule has 0 saturated carbocycles. The van der Waals surface area contributed by atoms with Crippen LogP contribution in [0.3, 0.4) is 0 Å². The number of benzene rings is 3. The number of hydrogen-bond donors (Lipinski definition) is 3. The Bertz CT molecular complexity index is 1460. The number of carbonyl (C=O) groups excluding carboxylic acids is 1. The van der Waals surface area contributed by atoms with Crippen LogP contribution >= 0.6 is 0 Å². The number of rotatable bonds is 7. The normalized spacial score (nSPS) is 11.3. The van der Waals surface area contributed by atoms with Crippen molar-refractivity contribution in [1.82, 2.24) is 10.3 Å². The fraction of sp³-hybridized carbons (Fsp3) is 0.120. The van der Waals surface area contributed by atoms with Gasteiger partial charge in [-0.1, -0.05) is 49.4 Å². The molecule has 8 heteroatoms. The number of amides is 1. The van der Waals surface area contributed by atoms with Crippen molar-refractivity contribution in [2.45, 2.75) is 24.8 Å². The first-order valence-corrected chi connectivity index (χ1v) is 11.9. The summed E-state index contributed by atoms with van der Waals surface area (Å²) in [4.78, 5) is 28.4. The highest BCUT2D eigenvalue weighted by atomic mass is 32.2. The van der Waals surface area contributed by atoms with E-state index in [0.717, 1.165) is 17.5 Å². The second-order valence-corrected chi connectivity index (χ2v) is 9.25. The Morgan fingerprint density at radius 2 is 1.67 bits per heavy atom. The van der Waals surface area contributed by atoms with Gasteiger partial charge in [0.15, 0.2) is 0 Å². The zero-order chi connectivity index (χ0) is 23.4. The summed E-state index contributed by atoms with van der Waals surface area (Å²) in [6.45, 7) is 2.29. The zero-order valence-corrected chi connectivity index (χ0v) is 18.8. The number of aromatic nitrogens is 1. The number of H-pyrrole nitrogens is 1. The molecule has 0 saturated heterocycles. The molecule has 7 nitrogen and oxygen atoms in total. The first kappa shape index (κ1) is 22.3. The molecule has 0 atom stereocenters. The summed E-state index contributed by atoms with van der Waals surface area (Å²) < 4.78 is 28.3. The number of aromatic amines is 1. The zero-order valence-electron chi connectivity index (χ0n) is 18.0. The van der Waals surface area contributed by atoms with E-state index in [-0.39, 0.29) is 22.4 Å². The van der Waals surface area contributed by atoms with E-state index in [1.165, 1.54) is 24.4 Å². The molecule has 3 N–H and O–H groups in total. The Balaban J connectivity index is 1.61. The van der Waals surface area contributed by atoms with E-state index in [2.05, 4.69) is 15.0 Å². The van der Waals surface area contributed by atoms with Gasteiger partial charge in [0.05, 0.1) is 4.90 Å². The number of fused-ring (bicyclic) bond motifs is 1. The Kier molecular flexibility index (Phi) is 6.28. The Labute approximate surface area is 191 Å². The van der Waals surface area contributed by atoms with Gasteiger partial charge in [0.25, 0.3) is 15.9 Å². The highest BCUT2D eigenvalue weighted by Gasteiger charge is 2.18. The van der Waals surface area contributed by atoms with Crippen LogP contribution in [-0.2, 0) is 23.0 Å². The van der Waals surface area contributed by atoms with E-state index in [1.807, 2.05) is 49.4 Å². The summed E-state index contributed by atoms with van der Waals surface area (Å²) in [5.74, 6) is -0.538. The van der Waals surface area contributed by atoms with Crippen LogP contribution < -0.4 is 15.5 Å². The van der Waals surface area contributed by atoms with E-state index >= 15 is 0 Å². The van der Waals surface area contributed by atoms with E-state index in [4.69, 9.17) is 0 Å². The van der Waals surface area contributed by atoms with Gasteiger partial charge in [0, 0.05) is 29.3 Å². The maximum atomic E-state index is 13.0. The number of sulfonamides is 1. The van der Waals surface area contributed by atoms with Crippen molar-refractivity contribution in [3.8, 4) is 0 Å². The molecule has 0 unspecified atom stereocenters. The quantitative estimate of drug-likeness (QED) is 0.389. The SMILES string of the molecule is CCc1ccc(NS(=O)(=O)c2ccc3[nH]cc(C(=O)NCc4ccccc4)c(=O)c3c2)cc1. The number of anilines is 1. The number of pyridine rings is 1. The molecule has 4 rings (SSSR count). The van der Waals surface area contributed by atoms with Crippen molar-refractivity contribution in [2.24, 2.45) is 0 Å². The fourth-order valence-corrected chi connectivity index (χ4v) is 4.51. The predicted molar refractivity (Wildman–Crippen MR) is 129 cm³/mol. The summed E-state index contributed by atoms with van der Waals surface area (Å²) in [6, 6.07) is 20.6. The molecule has 1 heterocycles. The molecule has 1 amide bonds. The standard InChI is InChI=1S/C25H23N3O4S/c1-2-17-8-10-19(11-9-17)28-33(31,32)20-12-13-23-21(14-20)24(29)22(16-26-23)25(30)27-15-18-6-4-3-5-7-18/h3-14,16,28H,2,15H2,1H3,(H,26,29)(H,27,30). The van der Waals surface area contributed by atoms with Crippen LogP contribution in [0.1, 0.15) is 28.4 Å². The lowest BCUT2D eigenvalue weighted by atomic mass is 10.1. The Hall–Kier alpha value is -3.91. The minimum atomic E-state index is -3.92. The van der Waals surface area contributed by atoms with Gasteiger partial charge in [-0.15, -0.1) is 0 Å². The first-order valence-electron chi connectivity index (χ1n) is 10.5. The third kappa shape index (κ3) is 4.96. The highest BCUT2D eigenvalue weighted by Crippen LogP contribution is 2.20. The van der Waals surface area contributed by atoms with Crippen LogP contribution in [-0.4, -0.2) is 19.3 Å². The Morgan fingerprint density at radius 1 is 0.939 bits per heavy atom. The summed E-state index contributed by atoms with van der Waals surface area (Å²) in [7, 11) is -3.92. The monoisotopic (exact) mass is 461 g/mol. The fourth-order valence-electron chi connectivity index (χ4n) is 3.43. The number of nitrogens with one attached hydrogen (secondary N) is 3. The summed E-state index contributed by atoms with van der Waals surface area (Å²) in [5, 5.41) is 2.84. The van der Waals surface area contributed by atoms with Crippen molar-refractivity contribution in [3.63, 3.8) is 0 Å². The number of hydrogen-bond acceptors (Lipinski definition) is 4. The molecule has 4 aromatic rings. The van der Waals surface area contributed by atoms with Crippen LogP contribution in [0.25, 0.3) is 10.9 Å². The topological polar surface area (TPSA) is 108 Å². The number of carbonyl (C=O) groups is 1. The average Bonchev–Trinajstić information content (AvgIpc) is 2.83. The molecule has 0 aliphatic heterocycles. The van der Waals surface area contributed by atoms with E-state index in [1.54, 1.807) is 12.1 Å². The minimum absolute atomic E-state index is 0.0677. The molecular weight excluding hydrogens is 438 g/mol. The lowest BCUT2D eigenvalue weighted by Crippen LogP contribution is -2.28. The molecule has 1 aromatic heterocycles. The minimum Gasteiger partial charge on any atom is -0.360 e. The second kappa shape index (κ2) is 9.30. The number of aryl methyl sites for hydroxylation is 1. The maximum absolute atomic E-state index is 13.0. The molecule has 3 aromatic carbocycles. The van der Waals surface area contributed by atoms with Crippen molar-refractivity contribution >= 4 is 32.5 Å². The molecule has 0 bridgehead atoms. The van der Waals surface area contributed by atoms with Crippen molar-refractivity contribution in [1.29, 1.82) is 0 Å². The van der Waals surface area contributed by atoms with E-state index < -0.39 is 21.4 Å². The van der Waals surface area contributed by atoms with Crippen molar-refractivity contribution in [2.75, 3.05) is 4.72 Å². The van der Waals surface area contributed by atoms with Crippen LogP contribution in [0.2, 0.25) is 0 Å². The van der Waals surface area contributed by atoms with Gasteiger partial charge in [-0.3, -0.25) is 14.3 Å². The molecule has 168 valence electrons. The lowest BCUT2D eigenvalue weighted by molar-refractivity contribution is 0.0949. The summed E-state index contributed by atoms with van der Waals surface area (Å²) >= 11 is 0. The average molecular weight is 462 g/mol. The van der Waals surface area contributed by atoms with Crippen molar-refractivity contribution in [3.05, 3.63) is 106 Å². The molecule has 0 aliphatic rings. The molecule has 33 heavy (non-hydrogen) atoms. The van der Waals surface area contributed by atoms with Gasteiger partial charge >= 0.3 is 0 Å². The molecule has 0 radical (unpaired) electrons. The van der Waals surface area contributed by atoms with Crippen LogP contribution in [0.4, 0.5) is 5.69 Å². The van der Waals surface area contributed by atoms with Gasteiger partial charge in [0.1, 0.15) is 5.56 Å². The van der Waals surface area contributed by atoms with Crippen molar-refractivity contribution < 1.29 is 13.2 Å². The maximum Gasteiger partial charge on any atom is 0.261 e. The van der Waals surface area contributed by atoms with Crippen LogP contribution in [0, 0.1) is 0 Å². The Morgan fingerprint density at radius 3 is 2.36 bits per heavy atom. The summed E-state index contributed by atoms with van der Waals surface area (Å²) in [5.41, 5.74) is 2.22. The summed E-state index contributed by atoms with van der Waals surface area (Å²) in [6.07, 6.45) is 2.19. The second-order valence-electron chi connectivity index (χ2n) is 7.56. The molecule has 0 spiro atoms. The van der Waals surface area contributed by atoms with Gasteiger partial charge < -0.3 is 10.3 Å². The van der Waals surface area contributed by atoms with E-state index in [9.17, 15) is 18.0 Å². The van der Waals surface area contributed by atoms with Gasteiger partial charge in [-0.05, 0) is 47.9 Å². The first-order chi connectivity index (χ1) is 15.9. The van der Waals surface area contributed by atoms with Gasteiger partial charge in [-0.25, -0.2) is 8.42 Å². The van der Waals surface area contributed by atoms with Crippen LogP contribution in [0.15, 0.2) is 88.7 Å². The molecule has 0 aliphatic carbocycles. The van der Waals surface area contributed by atoms with Gasteiger partial charge in [0.2, 0.25) is 5.43 Å². The lowest BCUT2D eigenvalue weighted by Gasteiger charge is -2.10.